The average Bonchev–Trinajstić information content (AvgIpc) is 2.54. The van der Waals surface area contributed by atoms with E-state index in [1.54, 1.807) is 0 Å². The number of carbonyl (C=O) groups is 1. The van der Waals surface area contributed by atoms with Crippen LogP contribution < -0.4 is 0 Å². The van der Waals surface area contributed by atoms with Gasteiger partial charge in [0.1, 0.15) is 0 Å². The quantitative estimate of drug-likeness (QED) is 0.245. The van der Waals surface area contributed by atoms with E-state index in [9.17, 15) is 4.79 Å². The maximum atomic E-state index is 12.2. The summed E-state index contributed by atoms with van der Waals surface area (Å²) in [6, 6.07) is 0. The van der Waals surface area contributed by atoms with Crippen LogP contribution in [0, 0.1) is 17.8 Å². The minimum atomic E-state index is 0.00599. The van der Waals surface area contributed by atoms with Gasteiger partial charge in [-0.05, 0) is 24.7 Å². The molecule has 0 aliphatic heterocycles. The van der Waals surface area contributed by atoms with Gasteiger partial charge in [-0.2, -0.15) is 0 Å². The molecule has 0 spiro atoms. The summed E-state index contributed by atoms with van der Waals surface area (Å²) in [6.07, 6.45) is 15.3. The van der Waals surface area contributed by atoms with Gasteiger partial charge in [-0.3, -0.25) is 4.79 Å². The normalized spacial score (nSPS) is 15.2. The number of rotatable bonds is 15. The van der Waals surface area contributed by atoms with Crippen LogP contribution in [0.4, 0.5) is 0 Å². The minimum absolute atomic E-state index is 0.00599. The molecule has 0 rings (SSSR count). The van der Waals surface area contributed by atoms with Crippen molar-refractivity contribution in [1.29, 1.82) is 0 Å². The lowest BCUT2D eigenvalue weighted by Gasteiger charge is -2.27. The summed E-state index contributed by atoms with van der Waals surface area (Å²) in [7, 11) is 1.54. The first kappa shape index (κ1) is 22.5. The minimum Gasteiger partial charge on any atom is -0.469 e. The third-order valence-electron chi connectivity index (χ3n) is 5.23. The Morgan fingerprint density at radius 3 is 1.57 bits per heavy atom. The molecule has 0 saturated heterocycles. The summed E-state index contributed by atoms with van der Waals surface area (Å²) in [5.74, 6) is 0.966. The predicted molar refractivity (Wildman–Crippen MR) is 101 cm³/mol. The second kappa shape index (κ2) is 15.0. The van der Waals surface area contributed by atoms with Gasteiger partial charge in [-0.15, -0.1) is 0 Å². The fourth-order valence-corrected chi connectivity index (χ4v) is 3.66. The number of carbonyl (C=O) groups excluding carboxylic acids is 1. The lowest BCUT2D eigenvalue weighted by atomic mass is 9.78. The van der Waals surface area contributed by atoms with Crippen molar-refractivity contribution >= 4 is 5.97 Å². The molecule has 0 aliphatic rings. The Hall–Kier alpha value is -0.530. The van der Waals surface area contributed by atoms with Crippen molar-refractivity contribution in [2.75, 3.05) is 7.11 Å². The van der Waals surface area contributed by atoms with E-state index >= 15 is 0 Å². The molecule has 0 aromatic rings. The lowest BCUT2D eigenvalue weighted by molar-refractivity contribution is -0.149. The zero-order valence-electron chi connectivity index (χ0n) is 16.5. The summed E-state index contributed by atoms with van der Waals surface area (Å²) in [5.41, 5.74) is 0. The van der Waals surface area contributed by atoms with Crippen molar-refractivity contribution < 1.29 is 9.53 Å². The van der Waals surface area contributed by atoms with E-state index in [1.165, 1.54) is 71.3 Å². The second-order valence-electron chi connectivity index (χ2n) is 7.41. The van der Waals surface area contributed by atoms with Crippen LogP contribution in [0.15, 0.2) is 0 Å². The monoisotopic (exact) mass is 326 g/mol. The molecule has 0 aromatic carbocycles. The molecule has 2 nitrogen and oxygen atoms in total. The van der Waals surface area contributed by atoms with Crippen molar-refractivity contribution in [2.45, 2.75) is 105 Å². The molecule has 138 valence electrons. The van der Waals surface area contributed by atoms with Crippen LogP contribution >= 0.6 is 0 Å². The zero-order valence-corrected chi connectivity index (χ0v) is 16.5. The summed E-state index contributed by atoms with van der Waals surface area (Å²) < 4.78 is 5.10. The molecule has 0 bridgehead atoms. The standard InChI is InChI=1S/C21H42O2/c1-6-8-10-12-13-15-17-19(4)20(21(22)23-5)18(3)16-14-11-9-7-2/h18-20H,6-17H2,1-5H3. The van der Waals surface area contributed by atoms with E-state index in [0.717, 1.165) is 12.8 Å². The molecule has 0 aromatic heterocycles. The van der Waals surface area contributed by atoms with Crippen molar-refractivity contribution in [3.8, 4) is 0 Å². The van der Waals surface area contributed by atoms with Crippen LogP contribution in [-0.2, 0) is 9.53 Å². The van der Waals surface area contributed by atoms with Gasteiger partial charge >= 0.3 is 5.97 Å². The Morgan fingerprint density at radius 1 is 0.739 bits per heavy atom. The number of ether oxygens (including phenoxy) is 1. The smallest absolute Gasteiger partial charge is 0.309 e. The molecule has 0 saturated carbocycles. The van der Waals surface area contributed by atoms with Crippen LogP contribution in [0.1, 0.15) is 105 Å². The van der Waals surface area contributed by atoms with Crippen molar-refractivity contribution in [1.82, 2.24) is 0 Å². The van der Waals surface area contributed by atoms with E-state index in [0.29, 0.717) is 11.8 Å². The maximum Gasteiger partial charge on any atom is 0.309 e. The van der Waals surface area contributed by atoms with Crippen molar-refractivity contribution in [3.05, 3.63) is 0 Å². The molecule has 3 atom stereocenters. The van der Waals surface area contributed by atoms with Gasteiger partial charge in [0.25, 0.3) is 0 Å². The zero-order chi connectivity index (χ0) is 17.5. The summed E-state index contributed by atoms with van der Waals surface area (Å²) in [4.78, 5) is 12.2. The molecule has 3 unspecified atom stereocenters. The van der Waals surface area contributed by atoms with Gasteiger partial charge in [0.05, 0.1) is 13.0 Å². The summed E-state index contributed by atoms with van der Waals surface area (Å²) in [6.45, 7) is 8.98. The van der Waals surface area contributed by atoms with Gasteiger partial charge in [0, 0.05) is 0 Å². The number of unbranched alkanes of at least 4 members (excludes halogenated alkanes) is 8. The van der Waals surface area contributed by atoms with E-state index in [2.05, 4.69) is 27.7 Å². The Bertz CT molecular complexity index is 275. The summed E-state index contributed by atoms with van der Waals surface area (Å²) in [5, 5.41) is 0. The largest absolute Gasteiger partial charge is 0.469 e. The average molecular weight is 327 g/mol. The molecule has 0 heterocycles. The lowest BCUT2D eigenvalue weighted by Crippen LogP contribution is -2.29. The molecule has 23 heavy (non-hydrogen) atoms. The molecular formula is C21H42O2. The van der Waals surface area contributed by atoms with Gasteiger partial charge in [0.15, 0.2) is 0 Å². The molecule has 0 N–H and O–H groups in total. The van der Waals surface area contributed by atoms with E-state index in [1.807, 2.05) is 0 Å². The van der Waals surface area contributed by atoms with Crippen LogP contribution in [0.25, 0.3) is 0 Å². The van der Waals surface area contributed by atoms with Crippen LogP contribution in [0.2, 0.25) is 0 Å². The molecular weight excluding hydrogens is 284 g/mol. The fourth-order valence-electron chi connectivity index (χ4n) is 3.66. The molecule has 0 fully saturated rings. The molecule has 0 aliphatic carbocycles. The third-order valence-corrected chi connectivity index (χ3v) is 5.23. The van der Waals surface area contributed by atoms with Crippen LogP contribution in [0.5, 0.6) is 0 Å². The third kappa shape index (κ3) is 10.8. The highest BCUT2D eigenvalue weighted by Gasteiger charge is 2.30. The van der Waals surface area contributed by atoms with E-state index < -0.39 is 0 Å². The number of hydrogen-bond donors (Lipinski definition) is 0. The number of methoxy groups -OCH3 is 1. The highest BCUT2D eigenvalue weighted by atomic mass is 16.5. The van der Waals surface area contributed by atoms with E-state index in [-0.39, 0.29) is 11.9 Å². The molecule has 2 heteroatoms. The Labute approximate surface area is 145 Å². The van der Waals surface area contributed by atoms with Crippen LogP contribution in [0.3, 0.4) is 0 Å². The Morgan fingerprint density at radius 2 is 1.13 bits per heavy atom. The molecule has 0 amide bonds. The Balaban J connectivity index is 4.21. The van der Waals surface area contributed by atoms with Gasteiger partial charge in [-0.1, -0.05) is 91.9 Å². The topological polar surface area (TPSA) is 26.3 Å². The van der Waals surface area contributed by atoms with Gasteiger partial charge < -0.3 is 4.74 Å². The van der Waals surface area contributed by atoms with Crippen molar-refractivity contribution in [3.63, 3.8) is 0 Å². The second-order valence-corrected chi connectivity index (χ2v) is 7.41. The highest BCUT2D eigenvalue weighted by Crippen LogP contribution is 2.30. The predicted octanol–water partition coefficient (Wildman–Crippen LogP) is 6.77. The fraction of sp³-hybridized carbons (Fsp3) is 0.952. The number of esters is 1. The van der Waals surface area contributed by atoms with E-state index in [4.69, 9.17) is 4.74 Å². The number of hydrogen-bond acceptors (Lipinski definition) is 2. The molecule has 0 radical (unpaired) electrons. The van der Waals surface area contributed by atoms with Gasteiger partial charge in [-0.25, -0.2) is 0 Å². The van der Waals surface area contributed by atoms with Crippen molar-refractivity contribution in [2.24, 2.45) is 17.8 Å². The van der Waals surface area contributed by atoms with Gasteiger partial charge in [0.2, 0.25) is 0 Å². The maximum absolute atomic E-state index is 12.2. The SMILES string of the molecule is CCCCCCCCC(C)C(C(=O)OC)C(C)CCCCCC. The summed E-state index contributed by atoms with van der Waals surface area (Å²) >= 11 is 0. The first-order valence-electron chi connectivity index (χ1n) is 10.2. The Kier molecular flexibility index (Phi) is 14.7. The first-order valence-corrected chi connectivity index (χ1v) is 10.2. The van der Waals surface area contributed by atoms with Crippen LogP contribution in [-0.4, -0.2) is 13.1 Å². The first-order chi connectivity index (χ1) is 11.1. The highest BCUT2D eigenvalue weighted by molar-refractivity contribution is 5.72.